The number of rotatable bonds is 2. The minimum Gasteiger partial charge on any atom is -0.465 e. The Balaban J connectivity index is 1.71. The van der Waals surface area contributed by atoms with E-state index in [0.29, 0.717) is 18.3 Å². The number of benzene rings is 1. The van der Waals surface area contributed by atoms with Gasteiger partial charge >= 0.3 is 6.09 Å². The van der Waals surface area contributed by atoms with Gasteiger partial charge in [-0.15, -0.1) is 11.8 Å². The molecule has 0 bridgehead atoms. The molecule has 20 heavy (non-hydrogen) atoms. The van der Waals surface area contributed by atoms with E-state index in [1.54, 1.807) is 0 Å². The first-order valence-electron chi connectivity index (χ1n) is 6.54. The number of nitrogens with one attached hydrogen (secondary N) is 1. The van der Waals surface area contributed by atoms with Crippen molar-refractivity contribution in [2.24, 2.45) is 0 Å². The van der Waals surface area contributed by atoms with Gasteiger partial charge in [0.2, 0.25) is 0 Å². The maximum atomic E-state index is 10.9. The second-order valence-corrected chi connectivity index (χ2v) is 6.71. The molecule has 1 aliphatic rings. The molecule has 6 heteroatoms. The van der Waals surface area contributed by atoms with Gasteiger partial charge in [0.1, 0.15) is 0 Å². The molecule has 0 aliphatic carbocycles. The van der Waals surface area contributed by atoms with Crippen molar-refractivity contribution in [3.8, 4) is 0 Å². The number of fused-ring (bicyclic) bond motifs is 1. The van der Waals surface area contributed by atoms with Gasteiger partial charge in [-0.3, -0.25) is 0 Å². The summed E-state index contributed by atoms with van der Waals surface area (Å²) in [7, 11) is 0. The highest BCUT2D eigenvalue weighted by molar-refractivity contribution is 8.00. The fraction of sp³-hybridized carbons (Fsp3) is 0.357. The summed E-state index contributed by atoms with van der Waals surface area (Å²) in [6.07, 6.45) is 2.98. The summed E-state index contributed by atoms with van der Waals surface area (Å²) in [5.74, 6) is 0. The number of amides is 1. The standard InChI is InChI=1S/C14H15ClN2O2S/c15-9-1-2-12-11(7-9)13(8-16-12)20-10-3-5-17(6-4-10)14(18)19/h1-2,7-8,10,16H,3-6H2,(H,18,19). The number of aromatic nitrogens is 1. The van der Waals surface area contributed by atoms with Crippen LogP contribution in [0.5, 0.6) is 0 Å². The Hall–Kier alpha value is -1.33. The van der Waals surface area contributed by atoms with Crippen LogP contribution in [0.25, 0.3) is 10.9 Å². The number of piperidine rings is 1. The summed E-state index contributed by atoms with van der Waals surface area (Å²) in [4.78, 5) is 16.8. The van der Waals surface area contributed by atoms with E-state index in [9.17, 15) is 4.79 Å². The molecule has 1 amide bonds. The van der Waals surface area contributed by atoms with E-state index in [4.69, 9.17) is 16.7 Å². The number of likely N-dealkylation sites (tertiary alicyclic amines) is 1. The highest BCUT2D eigenvalue weighted by Crippen LogP contribution is 2.35. The minimum absolute atomic E-state index is 0.462. The Labute approximate surface area is 126 Å². The lowest BCUT2D eigenvalue weighted by atomic mass is 10.1. The Morgan fingerprint density at radius 1 is 1.40 bits per heavy atom. The molecule has 0 unspecified atom stereocenters. The summed E-state index contributed by atoms with van der Waals surface area (Å²) >= 11 is 7.86. The first kappa shape index (κ1) is 13.6. The second-order valence-electron chi connectivity index (χ2n) is 4.93. The first-order chi connectivity index (χ1) is 9.63. The third kappa shape index (κ3) is 2.74. The van der Waals surface area contributed by atoms with Crippen LogP contribution in [0.15, 0.2) is 29.3 Å². The molecule has 0 saturated carbocycles. The molecular formula is C14H15ClN2O2S. The van der Waals surface area contributed by atoms with Crippen molar-refractivity contribution >= 4 is 40.4 Å². The minimum atomic E-state index is -0.813. The predicted octanol–water partition coefficient (Wildman–Crippen LogP) is 4.06. The molecule has 3 rings (SSSR count). The molecule has 2 heterocycles. The first-order valence-corrected chi connectivity index (χ1v) is 7.80. The highest BCUT2D eigenvalue weighted by Gasteiger charge is 2.23. The smallest absolute Gasteiger partial charge is 0.407 e. The zero-order chi connectivity index (χ0) is 14.1. The maximum absolute atomic E-state index is 10.9. The maximum Gasteiger partial charge on any atom is 0.407 e. The van der Waals surface area contributed by atoms with Gasteiger partial charge in [0.15, 0.2) is 0 Å². The van der Waals surface area contributed by atoms with Crippen molar-refractivity contribution in [1.82, 2.24) is 9.88 Å². The Bertz CT molecular complexity index is 635. The van der Waals surface area contributed by atoms with Crippen LogP contribution in [-0.4, -0.2) is 39.4 Å². The van der Waals surface area contributed by atoms with Gasteiger partial charge in [0.05, 0.1) is 0 Å². The summed E-state index contributed by atoms with van der Waals surface area (Å²) in [6.45, 7) is 1.24. The molecule has 0 spiro atoms. The zero-order valence-corrected chi connectivity index (χ0v) is 12.4. The summed E-state index contributed by atoms with van der Waals surface area (Å²) in [5, 5.41) is 11.3. The molecule has 4 nitrogen and oxygen atoms in total. The third-order valence-corrected chi connectivity index (χ3v) is 5.24. The van der Waals surface area contributed by atoms with Crippen molar-refractivity contribution in [3.05, 3.63) is 29.4 Å². The van der Waals surface area contributed by atoms with Crippen molar-refractivity contribution in [3.63, 3.8) is 0 Å². The number of nitrogens with zero attached hydrogens (tertiary/aromatic N) is 1. The van der Waals surface area contributed by atoms with Crippen LogP contribution in [-0.2, 0) is 0 Å². The molecule has 1 fully saturated rings. The Kier molecular flexibility index (Phi) is 3.81. The van der Waals surface area contributed by atoms with E-state index >= 15 is 0 Å². The predicted molar refractivity (Wildman–Crippen MR) is 81.8 cm³/mol. The number of thioether (sulfide) groups is 1. The number of carbonyl (C=O) groups is 1. The fourth-order valence-electron chi connectivity index (χ4n) is 2.51. The molecule has 1 aromatic carbocycles. The van der Waals surface area contributed by atoms with Crippen LogP contribution in [0.3, 0.4) is 0 Å². The van der Waals surface area contributed by atoms with Crippen LogP contribution in [0, 0.1) is 0 Å². The van der Waals surface area contributed by atoms with E-state index in [-0.39, 0.29) is 0 Å². The van der Waals surface area contributed by atoms with E-state index in [1.165, 1.54) is 9.80 Å². The lowest BCUT2D eigenvalue weighted by Gasteiger charge is -2.29. The van der Waals surface area contributed by atoms with Gasteiger partial charge in [0.25, 0.3) is 0 Å². The Morgan fingerprint density at radius 3 is 2.85 bits per heavy atom. The van der Waals surface area contributed by atoms with Crippen LogP contribution in [0.1, 0.15) is 12.8 Å². The molecule has 0 radical (unpaired) electrons. The SMILES string of the molecule is O=C(O)N1CCC(Sc2c[nH]c3ccc(Cl)cc23)CC1. The summed E-state index contributed by atoms with van der Waals surface area (Å²) in [6, 6.07) is 5.83. The van der Waals surface area contributed by atoms with Gasteiger partial charge in [-0.2, -0.15) is 0 Å². The fourth-order valence-corrected chi connectivity index (χ4v) is 3.91. The number of hydrogen-bond donors (Lipinski definition) is 2. The molecule has 106 valence electrons. The van der Waals surface area contributed by atoms with E-state index in [2.05, 4.69) is 4.98 Å². The van der Waals surface area contributed by atoms with Crippen molar-refractivity contribution < 1.29 is 9.90 Å². The van der Waals surface area contributed by atoms with Gasteiger partial charge < -0.3 is 15.0 Å². The van der Waals surface area contributed by atoms with E-state index in [0.717, 1.165) is 28.8 Å². The number of hydrogen-bond acceptors (Lipinski definition) is 2. The van der Waals surface area contributed by atoms with Gasteiger partial charge in [-0.1, -0.05) is 11.6 Å². The van der Waals surface area contributed by atoms with Gasteiger partial charge in [-0.05, 0) is 31.0 Å². The molecular weight excluding hydrogens is 296 g/mol. The highest BCUT2D eigenvalue weighted by atomic mass is 35.5. The second kappa shape index (κ2) is 5.58. The molecule has 1 aromatic heterocycles. The topological polar surface area (TPSA) is 56.3 Å². The largest absolute Gasteiger partial charge is 0.465 e. The summed E-state index contributed by atoms with van der Waals surface area (Å²) < 4.78 is 0. The molecule has 1 aliphatic heterocycles. The summed E-state index contributed by atoms with van der Waals surface area (Å²) in [5.41, 5.74) is 1.08. The average molecular weight is 311 g/mol. The lowest BCUT2D eigenvalue weighted by molar-refractivity contribution is 0.136. The van der Waals surface area contributed by atoms with Crippen molar-refractivity contribution in [2.75, 3.05) is 13.1 Å². The average Bonchev–Trinajstić information content (AvgIpc) is 2.82. The van der Waals surface area contributed by atoms with Crippen LogP contribution >= 0.6 is 23.4 Å². The monoisotopic (exact) mass is 310 g/mol. The van der Waals surface area contributed by atoms with E-state index < -0.39 is 6.09 Å². The van der Waals surface area contributed by atoms with Crippen molar-refractivity contribution in [2.45, 2.75) is 23.0 Å². The van der Waals surface area contributed by atoms with Gasteiger partial charge in [-0.25, -0.2) is 4.79 Å². The van der Waals surface area contributed by atoms with Crippen LogP contribution in [0.4, 0.5) is 4.79 Å². The number of H-pyrrole nitrogens is 1. The number of aromatic amines is 1. The normalized spacial score (nSPS) is 16.8. The number of carboxylic acid groups (broad SMARTS) is 1. The number of halogens is 1. The molecule has 2 aromatic rings. The van der Waals surface area contributed by atoms with Crippen LogP contribution < -0.4 is 0 Å². The van der Waals surface area contributed by atoms with Crippen LogP contribution in [0.2, 0.25) is 5.02 Å². The van der Waals surface area contributed by atoms with E-state index in [1.807, 2.05) is 36.2 Å². The molecule has 2 N–H and O–H groups in total. The van der Waals surface area contributed by atoms with Crippen molar-refractivity contribution in [1.29, 1.82) is 0 Å². The zero-order valence-electron chi connectivity index (χ0n) is 10.8. The Morgan fingerprint density at radius 2 is 2.15 bits per heavy atom. The van der Waals surface area contributed by atoms with Gasteiger partial charge in [0, 0.05) is 45.4 Å². The quantitative estimate of drug-likeness (QED) is 0.879. The molecule has 1 saturated heterocycles. The third-order valence-electron chi connectivity index (χ3n) is 3.61. The molecule has 0 atom stereocenters. The lowest BCUT2D eigenvalue weighted by Crippen LogP contribution is -2.38.